The summed E-state index contributed by atoms with van der Waals surface area (Å²) >= 11 is 0. The van der Waals surface area contributed by atoms with Gasteiger partial charge in [0.1, 0.15) is 22.0 Å². The molecule has 6 nitrogen and oxygen atoms in total. The molecule has 0 amide bonds. The summed E-state index contributed by atoms with van der Waals surface area (Å²) in [6.07, 6.45) is 7.34. The first-order valence-electron chi connectivity index (χ1n) is 10.6. The van der Waals surface area contributed by atoms with Crippen LogP contribution in [0.5, 0.6) is 0 Å². The van der Waals surface area contributed by atoms with E-state index < -0.39 is 9.84 Å². The maximum absolute atomic E-state index is 11.6. The van der Waals surface area contributed by atoms with Gasteiger partial charge in [0.05, 0.1) is 11.5 Å². The second-order valence-corrected chi connectivity index (χ2v) is 11.5. The quantitative estimate of drug-likeness (QED) is 0.783. The Kier molecular flexibility index (Phi) is 4.63. The van der Waals surface area contributed by atoms with Crippen molar-refractivity contribution in [2.75, 3.05) is 49.1 Å². The van der Waals surface area contributed by atoms with Crippen LogP contribution in [0.2, 0.25) is 0 Å². The van der Waals surface area contributed by atoms with E-state index >= 15 is 0 Å². The van der Waals surface area contributed by atoms with Crippen LogP contribution in [-0.2, 0) is 9.84 Å². The van der Waals surface area contributed by atoms with Crippen molar-refractivity contribution < 1.29 is 8.42 Å². The van der Waals surface area contributed by atoms with Crippen molar-refractivity contribution >= 4 is 15.7 Å². The molecule has 1 aromatic rings. The maximum Gasteiger partial charge on any atom is 0.150 e. The SMILES string of the molecule is O=S1(=O)CCC(CN2CC3CN(c4cc(C5CCC5)ncn4)CC3C2)CC1. The van der Waals surface area contributed by atoms with Crippen LogP contribution in [-0.4, -0.2) is 67.5 Å². The molecule has 0 bridgehead atoms. The molecule has 3 saturated heterocycles. The first-order valence-corrected chi connectivity index (χ1v) is 12.4. The Morgan fingerprint density at radius 2 is 1.67 bits per heavy atom. The van der Waals surface area contributed by atoms with Gasteiger partial charge in [0, 0.05) is 50.4 Å². The molecule has 1 saturated carbocycles. The Balaban J connectivity index is 1.15. The average Bonchev–Trinajstić information content (AvgIpc) is 3.14. The maximum atomic E-state index is 11.6. The van der Waals surface area contributed by atoms with Crippen molar-refractivity contribution in [1.82, 2.24) is 14.9 Å². The van der Waals surface area contributed by atoms with Gasteiger partial charge in [-0.25, -0.2) is 18.4 Å². The summed E-state index contributed by atoms with van der Waals surface area (Å²) in [7, 11) is -2.75. The molecule has 4 heterocycles. The lowest BCUT2D eigenvalue weighted by molar-refractivity contribution is 0.252. The van der Waals surface area contributed by atoms with E-state index in [0.29, 0.717) is 23.3 Å². The van der Waals surface area contributed by atoms with Crippen LogP contribution >= 0.6 is 0 Å². The first-order chi connectivity index (χ1) is 13.1. The third kappa shape index (κ3) is 3.73. The Morgan fingerprint density at radius 3 is 2.30 bits per heavy atom. The zero-order chi connectivity index (χ0) is 18.4. The summed E-state index contributed by atoms with van der Waals surface area (Å²) in [5, 5.41) is 0. The van der Waals surface area contributed by atoms with Gasteiger partial charge in [0.25, 0.3) is 0 Å². The van der Waals surface area contributed by atoms with Crippen molar-refractivity contribution in [3.63, 3.8) is 0 Å². The highest BCUT2D eigenvalue weighted by Crippen LogP contribution is 2.38. The number of hydrogen-bond donors (Lipinski definition) is 0. The zero-order valence-corrected chi connectivity index (χ0v) is 16.8. The van der Waals surface area contributed by atoms with E-state index in [-0.39, 0.29) is 0 Å². The summed E-state index contributed by atoms with van der Waals surface area (Å²) < 4.78 is 23.2. The van der Waals surface area contributed by atoms with E-state index in [2.05, 4.69) is 25.8 Å². The second kappa shape index (κ2) is 6.99. The predicted octanol–water partition coefficient (Wildman–Crippen LogP) is 1.94. The van der Waals surface area contributed by atoms with Gasteiger partial charge in [0.15, 0.2) is 0 Å². The van der Waals surface area contributed by atoms with Crippen molar-refractivity contribution in [3.05, 3.63) is 18.1 Å². The number of likely N-dealkylation sites (tertiary alicyclic amines) is 1. The number of hydrogen-bond acceptors (Lipinski definition) is 6. The molecular formula is C20H30N4O2S. The fourth-order valence-corrected chi connectivity index (χ4v) is 6.96. The Hall–Kier alpha value is -1.21. The summed E-state index contributed by atoms with van der Waals surface area (Å²) in [5.74, 6) is 4.56. The van der Waals surface area contributed by atoms with Crippen LogP contribution in [0.4, 0.5) is 5.82 Å². The molecule has 2 unspecified atom stereocenters. The van der Waals surface area contributed by atoms with Crippen LogP contribution in [0.25, 0.3) is 0 Å². The molecule has 4 fully saturated rings. The minimum Gasteiger partial charge on any atom is -0.356 e. The van der Waals surface area contributed by atoms with E-state index in [1.165, 1.54) is 25.0 Å². The molecule has 7 heteroatoms. The van der Waals surface area contributed by atoms with E-state index in [1.807, 2.05) is 0 Å². The first kappa shape index (κ1) is 17.9. The highest BCUT2D eigenvalue weighted by atomic mass is 32.2. The predicted molar refractivity (Wildman–Crippen MR) is 106 cm³/mol. The van der Waals surface area contributed by atoms with E-state index in [4.69, 9.17) is 0 Å². The number of fused-ring (bicyclic) bond motifs is 1. The summed E-state index contributed by atoms with van der Waals surface area (Å²) in [5.41, 5.74) is 1.23. The minimum atomic E-state index is -2.75. The summed E-state index contributed by atoms with van der Waals surface area (Å²) in [4.78, 5) is 14.1. The van der Waals surface area contributed by atoms with Crippen LogP contribution in [0.15, 0.2) is 12.4 Å². The number of aromatic nitrogens is 2. The minimum absolute atomic E-state index is 0.392. The van der Waals surface area contributed by atoms with Gasteiger partial charge in [0.2, 0.25) is 0 Å². The normalized spacial score (nSPS) is 31.8. The van der Waals surface area contributed by atoms with Gasteiger partial charge < -0.3 is 9.80 Å². The summed E-state index contributed by atoms with van der Waals surface area (Å²) in [6.45, 7) is 5.60. The van der Waals surface area contributed by atoms with Crippen molar-refractivity contribution in [3.8, 4) is 0 Å². The molecule has 5 rings (SSSR count). The molecule has 0 radical (unpaired) electrons. The lowest BCUT2D eigenvalue weighted by atomic mass is 9.83. The van der Waals surface area contributed by atoms with Crippen molar-refractivity contribution in [2.45, 2.75) is 38.0 Å². The number of anilines is 1. The van der Waals surface area contributed by atoms with Gasteiger partial charge in [-0.2, -0.15) is 0 Å². The molecule has 27 heavy (non-hydrogen) atoms. The van der Waals surface area contributed by atoms with Crippen LogP contribution in [0.3, 0.4) is 0 Å². The van der Waals surface area contributed by atoms with Gasteiger partial charge in [-0.05, 0) is 43.4 Å². The molecule has 1 aliphatic carbocycles. The fraction of sp³-hybridized carbons (Fsp3) is 0.800. The summed E-state index contributed by atoms with van der Waals surface area (Å²) in [6, 6.07) is 2.23. The second-order valence-electron chi connectivity index (χ2n) is 9.17. The average molecular weight is 391 g/mol. The van der Waals surface area contributed by atoms with E-state index in [1.54, 1.807) is 6.33 Å². The lowest BCUT2D eigenvalue weighted by Gasteiger charge is -2.28. The van der Waals surface area contributed by atoms with Gasteiger partial charge >= 0.3 is 0 Å². The van der Waals surface area contributed by atoms with Crippen LogP contribution < -0.4 is 4.90 Å². The standard InChI is InChI=1S/C20H30N4O2S/c25-27(26)6-4-15(5-7-27)9-23-10-17-12-24(13-18(17)11-23)20-8-19(21-14-22-20)16-2-1-3-16/h8,14-18H,1-7,9-13H2. The molecule has 0 N–H and O–H groups in total. The topological polar surface area (TPSA) is 66.4 Å². The number of sulfone groups is 1. The fourth-order valence-electron chi connectivity index (χ4n) is 5.37. The van der Waals surface area contributed by atoms with Gasteiger partial charge in [-0.3, -0.25) is 0 Å². The molecule has 2 atom stereocenters. The molecule has 0 aromatic carbocycles. The van der Waals surface area contributed by atoms with Crippen LogP contribution in [0.1, 0.15) is 43.7 Å². The van der Waals surface area contributed by atoms with Gasteiger partial charge in [-0.15, -0.1) is 0 Å². The monoisotopic (exact) mass is 390 g/mol. The Labute approximate surface area is 162 Å². The number of nitrogens with zero attached hydrogens (tertiary/aromatic N) is 4. The van der Waals surface area contributed by atoms with Crippen LogP contribution in [0, 0.1) is 17.8 Å². The van der Waals surface area contributed by atoms with Gasteiger partial charge in [-0.1, -0.05) is 6.42 Å². The molecule has 0 spiro atoms. The van der Waals surface area contributed by atoms with E-state index in [9.17, 15) is 8.42 Å². The highest BCUT2D eigenvalue weighted by Gasteiger charge is 2.41. The molecule has 148 valence electrons. The third-order valence-electron chi connectivity index (χ3n) is 7.27. The third-order valence-corrected chi connectivity index (χ3v) is 8.99. The molecule has 3 aliphatic heterocycles. The largest absolute Gasteiger partial charge is 0.356 e. The molecular weight excluding hydrogens is 360 g/mol. The highest BCUT2D eigenvalue weighted by molar-refractivity contribution is 7.91. The number of rotatable bonds is 4. The van der Waals surface area contributed by atoms with Crippen molar-refractivity contribution in [2.24, 2.45) is 17.8 Å². The Morgan fingerprint density at radius 1 is 0.963 bits per heavy atom. The molecule has 4 aliphatic rings. The smallest absolute Gasteiger partial charge is 0.150 e. The molecule has 1 aromatic heterocycles. The van der Waals surface area contributed by atoms with Crippen molar-refractivity contribution in [1.29, 1.82) is 0 Å². The lowest BCUT2D eigenvalue weighted by Crippen LogP contribution is -2.35. The van der Waals surface area contributed by atoms with E-state index in [0.717, 1.165) is 63.2 Å². The zero-order valence-electron chi connectivity index (χ0n) is 16.0. The Bertz CT molecular complexity index is 767.